The van der Waals surface area contributed by atoms with Crippen molar-refractivity contribution in [1.29, 1.82) is 0 Å². The lowest BCUT2D eigenvalue weighted by atomic mass is 9.78. The fourth-order valence-electron chi connectivity index (χ4n) is 5.13. The summed E-state index contributed by atoms with van der Waals surface area (Å²) in [5, 5.41) is 18.5. The predicted molar refractivity (Wildman–Crippen MR) is 154 cm³/mol. The summed E-state index contributed by atoms with van der Waals surface area (Å²) in [4.78, 5) is 42.3. The molecule has 10 nitrogen and oxygen atoms in total. The molecule has 0 aliphatic heterocycles. The number of nitrogens with zero attached hydrogens (tertiary/aromatic N) is 2. The maximum Gasteiger partial charge on any atom is 0.322 e. The first-order valence-corrected chi connectivity index (χ1v) is 14.4. The Hall–Kier alpha value is -3.11. The first-order chi connectivity index (χ1) is 19.0. The summed E-state index contributed by atoms with van der Waals surface area (Å²) in [7, 11) is 0. The van der Waals surface area contributed by atoms with Crippen molar-refractivity contribution >= 4 is 57.8 Å². The number of halogens is 2. The molecule has 2 heterocycles. The molecule has 216 valence electrons. The summed E-state index contributed by atoms with van der Waals surface area (Å²) in [5.74, 6) is -0.609. The van der Waals surface area contributed by atoms with E-state index in [0.29, 0.717) is 35.7 Å². The Morgan fingerprint density at radius 1 is 1.15 bits per heavy atom. The Morgan fingerprint density at radius 3 is 2.58 bits per heavy atom. The van der Waals surface area contributed by atoms with E-state index >= 15 is 0 Å². The number of rotatable bonds is 10. The standard InChI is InChI=1S/C28H36Cl2N6O4/c1-6-14(3)10-22(38)34-28(9-8-21-19(13-28)18-11-17(29)12-20(30)24(18)32-21)26(39)33-23(15(4)7-2)25-35-36-27(40-25)31-16(5)37/h11-12,14-15,23,32H,6-10,13H2,1-5H3,(H,33,39)(H,34,38)(H,31,36,37)/t14?,15-,23-,28-/m0/s1. The molecule has 1 aliphatic carbocycles. The maximum absolute atomic E-state index is 14.3. The molecular weight excluding hydrogens is 555 g/mol. The number of nitrogens with one attached hydrogen (secondary N) is 4. The molecule has 0 fully saturated rings. The van der Waals surface area contributed by atoms with Crippen molar-refractivity contribution in [1.82, 2.24) is 25.8 Å². The van der Waals surface area contributed by atoms with Crippen molar-refractivity contribution in [2.75, 3.05) is 5.32 Å². The van der Waals surface area contributed by atoms with Gasteiger partial charge in [0, 0.05) is 35.9 Å². The number of hydrogen-bond donors (Lipinski definition) is 4. The smallest absolute Gasteiger partial charge is 0.322 e. The van der Waals surface area contributed by atoms with Crippen LogP contribution in [-0.4, -0.2) is 38.4 Å². The second kappa shape index (κ2) is 12.2. The van der Waals surface area contributed by atoms with E-state index in [4.69, 9.17) is 27.6 Å². The molecule has 2 aromatic heterocycles. The van der Waals surface area contributed by atoms with Gasteiger partial charge in [-0.15, -0.1) is 5.10 Å². The van der Waals surface area contributed by atoms with Crippen LogP contribution in [0.5, 0.6) is 0 Å². The van der Waals surface area contributed by atoms with Crippen molar-refractivity contribution in [3.63, 3.8) is 0 Å². The molecule has 1 unspecified atom stereocenters. The summed E-state index contributed by atoms with van der Waals surface area (Å²) in [5.41, 5.74) is 1.39. The van der Waals surface area contributed by atoms with Gasteiger partial charge in [0.05, 0.1) is 10.5 Å². The van der Waals surface area contributed by atoms with Crippen LogP contribution in [0, 0.1) is 11.8 Å². The van der Waals surface area contributed by atoms with Crippen molar-refractivity contribution in [2.24, 2.45) is 11.8 Å². The van der Waals surface area contributed by atoms with Gasteiger partial charge >= 0.3 is 6.01 Å². The van der Waals surface area contributed by atoms with Gasteiger partial charge in [0.15, 0.2) is 0 Å². The molecule has 4 atom stereocenters. The van der Waals surface area contributed by atoms with Crippen LogP contribution in [0.1, 0.15) is 83.5 Å². The molecule has 3 amide bonds. The van der Waals surface area contributed by atoms with Gasteiger partial charge in [0.2, 0.25) is 23.6 Å². The van der Waals surface area contributed by atoms with Crippen LogP contribution in [0.3, 0.4) is 0 Å². The highest BCUT2D eigenvalue weighted by atomic mass is 35.5. The second-order valence-corrected chi connectivity index (χ2v) is 11.7. The molecule has 12 heteroatoms. The minimum atomic E-state index is -1.23. The lowest BCUT2D eigenvalue weighted by molar-refractivity contribution is -0.135. The van der Waals surface area contributed by atoms with E-state index in [9.17, 15) is 14.4 Å². The summed E-state index contributed by atoms with van der Waals surface area (Å²) >= 11 is 12.8. The third-order valence-electron chi connectivity index (χ3n) is 7.83. The zero-order valence-corrected chi connectivity index (χ0v) is 24.9. The Balaban J connectivity index is 1.71. The number of benzene rings is 1. The summed E-state index contributed by atoms with van der Waals surface area (Å²) in [6.45, 7) is 9.33. The number of carbonyl (C=O) groups is 3. The second-order valence-electron chi connectivity index (χ2n) is 10.9. The Morgan fingerprint density at radius 2 is 1.90 bits per heavy atom. The zero-order valence-electron chi connectivity index (χ0n) is 23.4. The van der Waals surface area contributed by atoms with Gasteiger partial charge in [-0.25, -0.2) is 0 Å². The molecule has 0 bridgehead atoms. The van der Waals surface area contributed by atoms with Gasteiger partial charge in [0.1, 0.15) is 11.6 Å². The van der Waals surface area contributed by atoms with Gasteiger partial charge in [-0.3, -0.25) is 19.7 Å². The van der Waals surface area contributed by atoms with Crippen molar-refractivity contribution in [3.05, 3.63) is 39.3 Å². The van der Waals surface area contributed by atoms with Gasteiger partial charge in [-0.2, -0.15) is 0 Å². The molecule has 0 saturated carbocycles. The average Bonchev–Trinajstić information content (AvgIpc) is 3.50. The number of carbonyl (C=O) groups excluding carboxylic acids is 3. The largest absolute Gasteiger partial charge is 0.406 e. The number of aromatic nitrogens is 3. The molecule has 4 N–H and O–H groups in total. The van der Waals surface area contributed by atoms with Crippen LogP contribution in [0.15, 0.2) is 16.5 Å². The van der Waals surface area contributed by atoms with E-state index in [-0.39, 0.29) is 47.9 Å². The van der Waals surface area contributed by atoms with E-state index in [0.717, 1.165) is 28.6 Å². The van der Waals surface area contributed by atoms with Crippen LogP contribution >= 0.6 is 23.2 Å². The molecule has 0 radical (unpaired) electrons. The topological polar surface area (TPSA) is 142 Å². The normalized spacial score (nSPS) is 19.0. The van der Waals surface area contributed by atoms with E-state index in [1.807, 2.05) is 33.8 Å². The Kier molecular flexibility index (Phi) is 9.09. The number of H-pyrrole nitrogens is 1. The number of aromatic amines is 1. The SMILES string of the molecule is CCC(C)CC(=O)N[C@@]1(C(=O)N[C@H](c2nnc(NC(C)=O)o2)[C@@H](C)CC)CCc2[nH]c3c(Cl)cc(Cl)cc3c2C1. The van der Waals surface area contributed by atoms with Crippen LogP contribution in [0.2, 0.25) is 10.0 Å². The van der Waals surface area contributed by atoms with Crippen molar-refractivity contribution in [3.8, 4) is 0 Å². The lowest BCUT2D eigenvalue weighted by Gasteiger charge is -2.38. The highest BCUT2D eigenvalue weighted by Gasteiger charge is 2.45. The fraction of sp³-hybridized carbons (Fsp3) is 0.536. The summed E-state index contributed by atoms with van der Waals surface area (Å²) in [6.07, 6.45) is 3.02. The minimum absolute atomic E-state index is 0.0449. The highest BCUT2D eigenvalue weighted by molar-refractivity contribution is 6.38. The Labute approximate surface area is 243 Å². The summed E-state index contributed by atoms with van der Waals surface area (Å²) < 4.78 is 5.69. The van der Waals surface area contributed by atoms with Gasteiger partial charge in [-0.1, -0.05) is 68.8 Å². The molecule has 1 aromatic carbocycles. The van der Waals surface area contributed by atoms with E-state index in [2.05, 4.69) is 31.1 Å². The van der Waals surface area contributed by atoms with Crippen molar-refractivity contribution in [2.45, 2.75) is 84.7 Å². The summed E-state index contributed by atoms with van der Waals surface area (Å²) in [6, 6.07) is 2.83. The highest BCUT2D eigenvalue weighted by Crippen LogP contribution is 2.39. The van der Waals surface area contributed by atoms with E-state index < -0.39 is 11.6 Å². The predicted octanol–water partition coefficient (Wildman–Crippen LogP) is 5.50. The van der Waals surface area contributed by atoms with Crippen LogP contribution < -0.4 is 16.0 Å². The molecule has 1 aliphatic rings. The Bertz CT molecular complexity index is 1420. The maximum atomic E-state index is 14.3. The van der Waals surface area contributed by atoms with Crippen LogP contribution in [0.25, 0.3) is 10.9 Å². The van der Waals surface area contributed by atoms with Gasteiger partial charge in [-0.05, 0) is 42.4 Å². The minimum Gasteiger partial charge on any atom is -0.406 e. The first kappa shape index (κ1) is 29.9. The fourth-order valence-corrected chi connectivity index (χ4v) is 5.67. The molecule has 3 aromatic rings. The van der Waals surface area contributed by atoms with Gasteiger partial charge in [0.25, 0.3) is 0 Å². The lowest BCUT2D eigenvalue weighted by Crippen LogP contribution is -2.62. The number of hydrogen-bond acceptors (Lipinski definition) is 6. The van der Waals surface area contributed by atoms with Crippen LogP contribution in [-0.2, 0) is 27.2 Å². The monoisotopic (exact) mass is 590 g/mol. The van der Waals surface area contributed by atoms with E-state index in [1.165, 1.54) is 6.92 Å². The van der Waals surface area contributed by atoms with Crippen molar-refractivity contribution < 1.29 is 18.8 Å². The quantitative estimate of drug-likeness (QED) is 0.245. The number of fused-ring (bicyclic) bond motifs is 3. The number of anilines is 1. The van der Waals surface area contributed by atoms with E-state index in [1.54, 1.807) is 6.07 Å². The molecule has 4 rings (SSSR count). The van der Waals surface area contributed by atoms with Crippen LogP contribution in [0.4, 0.5) is 6.01 Å². The molecule has 0 spiro atoms. The number of aryl methyl sites for hydroxylation is 1. The molecular formula is C28H36Cl2N6O4. The zero-order chi connectivity index (χ0) is 29.2. The third-order valence-corrected chi connectivity index (χ3v) is 8.35. The average molecular weight is 592 g/mol. The molecule has 40 heavy (non-hydrogen) atoms. The number of amides is 3. The molecule has 0 saturated heterocycles. The third kappa shape index (κ3) is 6.28. The van der Waals surface area contributed by atoms with Gasteiger partial charge < -0.3 is 20.0 Å². The first-order valence-electron chi connectivity index (χ1n) is 13.7.